The van der Waals surface area contributed by atoms with Crippen molar-refractivity contribution in [2.45, 2.75) is 19.4 Å². The first-order valence-corrected chi connectivity index (χ1v) is 8.19. The number of carbonyl (C=O) groups is 2. The summed E-state index contributed by atoms with van der Waals surface area (Å²) in [5.41, 5.74) is 12.1. The number of amides is 2. The summed E-state index contributed by atoms with van der Waals surface area (Å²) >= 11 is 1.39. The van der Waals surface area contributed by atoms with Crippen LogP contribution in [0.5, 0.6) is 0 Å². The molecule has 1 heterocycles. The fraction of sp³-hybridized carbons (Fsp3) is 0.312. The Morgan fingerprint density at radius 3 is 2.61 bits per heavy atom. The highest BCUT2D eigenvalue weighted by molar-refractivity contribution is 7.09. The number of rotatable bonds is 7. The van der Waals surface area contributed by atoms with Crippen LogP contribution >= 0.6 is 11.3 Å². The van der Waals surface area contributed by atoms with Crippen molar-refractivity contribution in [3.8, 4) is 0 Å². The Bertz CT molecular complexity index is 672. The summed E-state index contributed by atoms with van der Waals surface area (Å²) in [7, 11) is 0. The molecule has 0 saturated carbocycles. The Morgan fingerprint density at radius 2 is 2.00 bits per heavy atom. The van der Waals surface area contributed by atoms with Gasteiger partial charge in [0.2, 0.25) is 5.91 Å². The quantitative estimate of drug-likeness (QED) is 0.798. The molecule has 0 aliphatic rings. The fourth-order valence-corrected chi connectivity index (χ4v) is 3.05. The SMILES string of the molecule is C[C@H](c1ccccc1)N(CC(N)=O)C(=O)c1csc(CCN)n1. The van der Waals surface area contributed by atoms with Crippen LogP contribution < -0.4 is 11.5 Å². The van der Waals surface area contributed by atoms with Gasteiger partial charge < -0.3 is 16.4 Å². The predicted molar refractivity (Wildman–Crippen MR) is 90.0 cm³/mol. The van der Waals surface area contributed by atoms with E-state index >= 15 is 0 Å². The van der Waals surface area contributed by atoms with Gasteiger partial charge in [0.25, 0.3) is 5.91 Å². The van der Waals surface area contributed by atoms with E-state index in [0.717, 1.165) is 10.6 Å². The zero-order valence-corrected chi connectivity index (χ0v) is 13.8. The van der Waals surface area contributed by atoms with Gasteiger partial charge in [0.05, 0.1) is 11.0 Å². The van der Waals surface area contributed by atoms with Crippen molar-refractivity contribution in [2.75, 3.05) is 13.1 Å². The predicted octanol–water partition coefficient (Wildman–Crippen LogP) is 1.33. The molecule has 4 N–H and O–H groups in total. The van der Waals surface area contributed by atoms with Crippen LogP contribution in [0, 0.1) is 0 Å². The van der Waals surface area contributed by atoms with Crippen molar-refractivity contribution in [2.24, 2.45) is 11.5 Å². The average Bonchev–Trinajstić information content (AvgIpc) is 3.01. The molecule has 2 aromatic rings. The third-order valence-corrected chi connectivity index (χ3v) is 4.37. The molecule has 6 nitrogen and oxygen atoms in total. The fourth-order valence-electron chi connectivity index (χ4n) is 2.26. The molecule has 1 aromatic carbocycles. The highest BCUT2D eigenvalue weighted by Gasteiger charge is 2.26. The molecule has 7 heteroatoms. The molecule has 0 saturated heterocycles. The molecule has 2 amide bonds. The maximum absolute atomic E-state index is 12.7. The number of benzene rings is 1. The number of thiazole rings is 1. The van der Waals surface area contributed by atoms with Gasteiger partial charge in [-0.05, 0) is 19.0 Å². The monoisotopic (exact) mass is 332 g/mol. The molecule has 1 aromatic heterocycles. The zero-order chi connectivity index (χ0) is 16.8. The molecule has 0 aliphatic carbocycles. The first kappa shape index (κ1) is 17.1. The second-order valence-corrected chi connectivity index (χ2v) is 6.09. The highest BCUT2D eigenvalue weighted by atomic mass is 32.1. The van der Waals surface area contributed by atoms with Crippen LogP contribution in [0.4, 0.5) is 0 Å². The van der Waals surface area contributed by atoms with Crippen LogP contribution in [-0.4, -0.2) is 34.8 Å². The van der Waals surface area contributed by atoms with Gasteiger partial charge in [0.1, 0.15) is 12.2 Å². The maximum Gasteiger partial charge on any atom is 0.274 e. The van der Waals surface area contributed by atoms with Crippen molar-refractivity contribution in [3.63, 3.8) is 0 Å². The number of primary amides is 1. The zero-order valence-electron chi connectivity index (χ0n) is 12.9. The van der Waals surface area contributed by atoms with Crippen LogP contribution in [-0.2, 0) is 11.2 Å². The van der Waals surface area contributed by atoms with E-state index in [9.17, 15) is 9.59 Å². The van der Waals surface area contributed by atoms with E-state index in [1.807, 2.05) is 37.3 Å². The lowest BCUT2D eigenvalue weighted by Gasteiger charge is -2.27. The van der Waals surface area contributed by atoms with Crippen LogP contribution in [0.1, 0.15) is 34.0 Å². The van der Waals surface area contributed by atoms with Gasteiger partial charge in [0, 0.05) is 11.8 Å². The highest BCUT2D eigenvalue weighted by Crippen LogP contribution is 2.22. The molecule has 0 bridgehead atoms. The van der Waals surface area contributed by atoms with Crippen LogP contribution in [0.2, 0.25) is 0 Å². The molecule has 2 rings (SSSR count). The van der Waals surface area contributed by atoms with E-state index in [2.05, 4.69) is 4.98 Å². The van der Waals surface area contributed by atoms with E-state index in [1.165, 1.54) is 16.2 Å². The van der Waals surface area contributed by atoms with Gasteiger partial charge in [-0.2, -0.15) is 0 Å². The molecule has 0 aliphatic heterocycles. The lowest BCUT2D eigenvalue weighted by molar-refractivity contribution is -0.119. The minimum Gasteiger partial charge on any atom is -0.368 e. The minimum absolute atomic E-state index is 0.154. The molecule has 0 radical (unpaired) electrons. The van der Waals surface area contributed by atoms with E-state index in [-0.39, 0.29) is 18.5 Å². The van der Waals surface area contributed by atoms with Gasteiger partial charge in [-0.25, -0.2) is 4.98 Å². The summed E-state index contributed by atoms with van der Waals surface area (Å²) in [6, 6.07) is 9.22. The lowest BCUT2D eigenvalue weighted by atomic mass is 10.1. The number of nitrogens with two attached hydrogens (primary N) is 2. The topological polar surface area (TPSA) is 102 Å². The van der Waals surface area contributed by atoms with E-state index in [0.29, 0.717) is 18.7 Å². The molecule has 0 fully saturated rings. The van der Waals surface area contributed by atoms with Gasteiger partial charge in [-0.3, -0.25) is 9.59 Å². The number of hydrogen-bond donors (Lipinski definition) is 2. The molecule has 0 spiro atoms. The van der Waals surface area contributed by atoms with E-state index < -0.39 is 5.91 Å². The smallest absolute Gasteiger partial charge is 0.274 e. The van der Waals surface area contributed by atoms with E-state index in [4.69, 9.17) is 11.5 Å². The average molecular weight is 332 g/mol. The summed E-state index contributed by atoms with van der Waals surface area (Å²) in [6.07, 6.45) is 0.627. The Hall–Kier alpha value is -2.25. The van der Waals surface area contributed by atoms with Gasteiger partial charge in [-0.1, -0.05) is 30.3 Å². The Morgan fingerprint density at radius 1 is 1.30 bits per heavy atom. The molecular formula is C16H20N4O2S. The first-order chi connectivity index (χ1) is 11.0. The summed E-state index contributed by atoms with van der Waals surface area (Å²) < 4.78 is 0. The summed E-state index contributed by atoms with van der Waals surface area (Å²) in [5, 5.41) is 2.50. The number of nitrogens with zero attached hydrogens (tertiary/aromatic N) is 2. The van der Waals surface area contributed by atoms with Gasteiger partial charge in [0.15, 0.2) is 0 Å². The van der Waals surface area contributed by atoms with Gasteiger partial charge >= 0.3 is 0 Å². The molecule has 0 unspecified atom stereocenters. The second kappa shape index (κ2) is 7.85. The Kier molecular flexibility index (Phi) is 5.84. The maximum atomic E-state index is 12.7. The number of hydrogen-bond acceptors (Lipinski definition) is 5. The van der Waals surface area contributed by atoms with Crippen LogP contribution in [0.15, 0.2) is 35.7 Å². The van der Waals surface area contributed by atoms with Crippen molar-refractivity contribution in [1.29, 1.82) is 0 Å². The summed E-state index contributed by atoms with van der Waals surface area (Å²) in [4.78, 5) is 29.9. The molecule has 122 valence electrons. The van der Waals surface area contributed by atoms with E-state index in [1.54, 1.807) is 5.38 Å². The third-order valence-electron chi connectivity index (χ3n) is 3.47. The molecular weight excluding hydrogens is 312 g/mol. The van der Waals surface area contributed by atoms with Crippen molar-refractivity contribution in [3.05, 3.63) is 52.0 Å². The van der Waals surface area contributed by atoms with Crippen LogP contribution in [0.25, 0.3) is 0 Å². The summed E-state index contributed by atoms with van der Waals surface area (Å²) in [5.74, 6) is -0.863. The number of aromatic nitrogens is 1. The third kappa shape index (κ3) is 4.37. The van der Waals surface area contributed by atoms with Crippen molar-refractivity contribution >= 4 is 23.2 Å². The number of carbonyl (C=O) groups excluding carboxylic acids is 2. The van der Waals surface area contributed by atoms with Crippen molar-refractivity contribution in [1.82, 2.24) is 9.88 Å². The minimum atomic E-state index is -0.557. The van der Waals surface area contributed by atoms with Crippen LogP contribution in [0.3, 0.4) is 0 Å². The molecule has 1 atom stereocenters. The summed E-state index contributed by atoms with van der Waals surface area (Å²) in [6.45, 7) is 2.19. The molecule has 23 heavy (non-hydrogen) atoms. The first-order valence-electron chi connectivity index (χ1n) is 7.31. The Balaban J connectivity index is 2.26. The Labute approximate surface area is 139 Å². The standard InChI is InChI=1S/C16H20N4O2S/c1-11(12-5-3-2-4-6-12)20(9-14(18)21)16(22)13-10-23-15(19-13)7-8-17/h2-6,10-11H,7-9,17H2,1H3,(H2,18,21)/t11-/m1/s1. The second-order valence-electron chi connectivity index (χ2n) is 5.15. The lowest BCUT2D eigenvalue weighted by Crippen LogP contribution is -2.40. The normalized spacial score (nSPS) is 11.9. The van der Waals surface area contributed by atoms with Crippen molar-refractivity contribution < 1.29 is 9.59 Å². The largest absolute Gasteiger partial charge is 0.368 e. The van der Waals surface area contributed by atoms with Gasteiger partial charge in [-0.15, -0.1) is 11.3 Å².